The number of carbonyl (C=O) groups is 1. The van der Waals surface area contributed by atoms with Crippen molar-refractivity contribution in [2.75, 3.05) is 0 Å². The topological polar surface area (TPSA) is 57.8 Å². The van der Waals surface area contributed by atoms with Gasteiger partial charge in [0.1, 0.15) is 0 Å². The van der Waals surface area contributed by atoms with Crippen LogP contribution in [0.1, 0.15) is 12.5 Å². The second kappa shape index (κ2) is 8.36. The second-order valence-corrected chi connectivity index (χ2v) is 7.82. The number of imidazole rings is 1. The van der Waals surface area contributed by atoms with Gasteiger partial charge in [-0.3, -0.25) is 4.79 Å². The molecule has 2 N–H and O–H groups in total. The van der Waals surface area contributed by atoms with E-state index in [9.17, 15) is 4.79 Å². The molecule has 0 bridgehead atoms. The Bertz CT molecular complexity index is 833. The number of rotatable bonds is 6. The molecule has 2 aromatic carbocycles. The number of aromatic amines is 1. The Labute approximate surface area is 159 Å². The molecule has 0 fully saturated rings. The lowest BCUT2D eigenvalue weighted by Gasteiger charge is -2.10. The van der Waals surface area contributed by atoms with Crippen LogP contribution in [0.15, 0.2) is 70.4 Å². The van der Waals surface area contributed by atoms with Crippen LogP contribution in [-0.2, 0) is 11.3 Å². The average Bonchev–Trinajstić information content (AvgIpc) is 3.09. The van der Waals surface area contributed by atoms with E-state index in [4.69, 9.17) is 0 Å². The molecule has 1 atom stereocenters. The van der Waals surface area contributed by atoms with E-state index < -0.39 is 0 Å². The normalized spacial score (nSPS) is 11.9. The zero-order valence-corrected chi connectivity index (χ0v) is 16.1. The van der Waals surface area contributed by atoms with Crippen molar-refractivity contribution < 1.29 is 4.79 Å². The lowest BCUT2D eigenvalue weighted by Crippen LogP contribution is -2.30. The second-order valence-electron chi connectivity index (χ2n) is 5.57. The lowest BCUT2D eigenvalue weighted by atomic mass is 10.2. The number of hydrogen-bond acceptors (Lipinski definition) is 3. The quantitative estimate of drug-likeness (QED) is 0.576. The number of amides is 1. The minimum absolute atomic E-state index is 0.00422. The summed E-state index contributed by atoms with van der Waals surface area (Å²) in [6.45, 7) is 2.42. The van der Waals surface area contributed by atoms with Gasteiger partial charge >= 0.3 is 0 Å². The third-order valence-corrected chi connectivity index (χ3v) is 5.20. The van der Waals surface area contributed by atoms with Crippen LogP contribution in [0.5, 0.6) is 0 Å². The highest BCUT2D eigenvalue weighted by molar-refractivity contribution is 9.10. The molecule has 25 heavy (non-hydrogen) atoms. The maximum Gasteiger partial charge on any atom is 0.233 e. The Hall–Kier alpha value is -2.05. The van der Waals surface area contributed by atoms with Gasteiger partial charge in [-0.2, -0.15) is 0 Å². The molecule has 0 saturated carbocycles. The minimum atomic E-state index is -0.229. The van der Waals surface area contributed by atoms with Gasteiger partial charge in [0.05, 0.1) is 17.1 Å². The SMILES string of the molecule is CC(Sc1ncc(-c2ccc(Br)cc2)[nH]1)C(=O)NCc1ccccc1. The van der Waals surface area contributed by atoms with Crippen LogP contribution in [-0.4, -0.2) is 21.1 Å². The fourth-order valence-electron chi connectivity index (χ4n) is 2.29. The Balaban J connectivity index is 1.56. The van der Waals surface area contributed by atoms with Crippen LogP contribution in [0.2, 0.25) is 0 Å². The van der Waals surface area contributed by atoms with Gasteiger partial charge in [-0.15, -0.1) is 0 Å². The van der Waals surface area contributed by atoms with Gasteiger partial charge < -0.3 is 10.3 Å². The van der Waals surface area contributed by atoms with E-state index in [1.54, 1.807) is 6.20 Å². The predicted octanol–water partition coefficient (Wildman–Crippen LogP) is 4.64. The molecular weight excluding hydrogens is 398 g/mol. The predicted molar refractivity (Wildman–Crippen MR) is 105 cm³/mol. The molecule has 4 nitrogen and oxygen atoms in total. The number of hydrogen-bond donors (Lipinski definition) is 2. The van der Waals surface area contributed by atoms with Gasteiger partial charge in [0.15, 0.2) is 5.16 Å². The molecule has 3 rings (SSSR count). The van der Waals surface area contributed by atoms with Crippen molar-refractivity contribution in [1.82, 2.24) is 15.3 Å². The fraction of sp³-hybridized carbons (Fsp3) is 0.158. The van der Waals surface area contributed by atoms with E-state index in [1.807, 2.05) is 61.5 Å². The lowest BCUT2D eigenvalue weighted by molar-refractivity contribution is -0.120. The Morgan fingerprint density at radius 3 is 2.64 bits per heavy atom. The van der Waals surface area contributed by atoms with Gasteiger partial charge in [-0.05, 0) is 30.2 Å². The zero-order chi connectivity index (χ0) is 17.6. The molecule has 6 heteroatoms. The van der Waals surface area contributed by atoms with Crippen molar-refractivity contribution in [3.8, 4) is 11.3 Å². The summed E-state index contributed by atoms with van der Waals surface area (Å²) in [6, 6.07) is 17.9. The van der Waals surface area contributed by atoms with E-state index in [1.165, 1.54) is 11.8 Å². The molecule has 0 saturated heterocycles. The first-order chi connectivity index (χ1) is 12.1. The van der Waals surface area contributed by atoms with E-state index in [0.29, 0.717) is 6.54 Å². The van der Waals surface area contributed by atoms with Crippen molar-refractivity contribution in [3.63, 3.8) is 0 Å². The van der Waals surface area contributed by atoms with Crippen molar-refractivity contribution in [2.24, 2.45) is 0 Å². The number of aromatic nitrogens is 2. The number of benzene rings is 2. The molecule has 0 aliphatic heterocycles. The Morgan fingerprint density at radius 2 is 1.92 bits per heavy atom. The van der Waals surface area contributed by atoms with Gasteiger partial charge in [0.2, 0.25) is 5.91 Å². The number of carbonyl (C=O) groups excluding carboxylic acids is 1. The summed E-state index contributed by atoms with van der Waals surface area (Å²) in [7, 11) is 0. The first kappa shape index (κ1) is 17.8. The molecule has 0 aliphatic carbocycles. The number of halogens is 1. The van der Waals surface area contributed by atoms with Crippen molar-refractivity contribution in [3.05, 3.63) is 70.8 Å². The van der Waals surface area contributed by atoms with Crippen LogP contribution in [0, 0.1) is 0 Å². The number of H-pyrrole nitrogens is 1. The summed E-state index contributed by atoms with van der Waals surface area (Å²) in [5.41, 5.74) is 3.08. The summed E-state index contributed by atoms with van der Waals surface area (Å²) < 4.78 is 1.04. The molecule has 0 radical (unpaired) electrons. The van der Waals surface area contributed by atoms with Crippen LogP contribution < -0.4 is 5.32 Å². The zero-order valence-electron chi connectivity index (χ0n) is 13.7. The van der Waals surface area contributed by atoms with Crippen molar-refractivity contribution in [1.29, 1.82) is 0 Å². The maximum atomic E-state index is 12.3. The van der Waals surface area contributed by atoms with Gasteiger partial charge in [0, 0.05) is 11.0 Å². The van der Waals surface area contributed by atoms with E-state index >= 15 is 0 Å². The molecule has 0 aliphatic rings. The molecule has 1 heterocycles. The Kier molecular flexibility index (Phi) is 5.94. The summed E-state index contributed by atoms with van der Waals surface area (Å²) >= 11 is 4.85. The van der Waals surface area contributed by atoms with Crippen molar-refractivity contribution in [2.45, 2.75) is 23.9 Å². The number of nitrogens with one attached hydrogen (secondary N) is 2. The third-order valence-electron chi connectivity index (χ3n) is 3.67. The summed E-state index contributed by atoms with van der Waals surface area (Å²) in [6.07, 6.45) is 1.79. The summed E-state index contributed by atoms with van der Waals surface area (Å²) in [5, 5.41) is 3.46. The third kappa shape index (κ3) is 4.96. The fourth-order valence-corrected chi connectivity index (χ4v) is 3.36. The first-order valence-electron chi connectivity index (χ1n) is 7.91. The molecule has 1 amide bonds. The average molecular weight is 416 g/mol. The highest BCUT2D eigenvalue weighted by Gasteiger charge is 2.16. The van der Waals surface area contributed by atoms with Gasteiger partial charge in [0.25, 0.3) is 0 Å². The molecule has 0 spiro atoms. The monoisotopic (exact) mass is 415 g/mol. The van der Waals surface area contributed by atoms with E-state index in [2.05, 4.69) is 31.2 Å². The molecule has 1 aromatic heterocycles. The largest absolute Gasteiger partial charge is 0.351 e. The number of nitrogens with zero attached hydrogens (tertiary/aromatic N) is 1. The van der Waals surface area contributed by atoms with Crippen molar-refractivity contribution >= 4 is 33.6 Å². The van der Waals surface area contributed by atoms with Crippen LogP contribution >= 0.6 is 27.7 Å². The summed E-state index contributed by atoms with van der Waals surface area (Å²) in [5.74, 6) is -0.00422. The van der Waals surface area contributed by atoms with Crippen LogP contribution in [0.3, 0.4) is 0 Å². The molecular formula is C19H18BrN3OS. The highest BCUT2D eigenvalue weighted by Crippen LogP contribution is 2.25. The van der Waals surface area contributed by atoms with Crippen LogP contribution in [0.4, 0.5) is 0 Å². The van der Waals surface area contributed by atoms with Gasteiger partial charge in [-0.1, -0.05) is 70.2 Å². The standard InChI is InChI=1S/C19H18BrN3OS/c1-13(18(24)21-11-14-5-3-2-4-6-14)25-19-22-12-17(23-19)15-7-9-16(20)10-8-15/h2-10,12-13H,11H2,1H3,(H,21,24)(H,22,23). The minimum Gasteiger partial charge on any atom is -0.351 e. The molecule has 3 aromatic rings. The molecule has 128 valence electrons. The Morgan fingerprint density at radius 1 is 1.20 bits per heavy atom. The summed E-state index contributed by atoms with van der Waals surface area (Å²) in [4.78, 5) is 19.9. The maximum absolute atomic E-state index is 12.3. The van der Waals surface area contributed by atoms with E-state index in [0.717, 1.165) is 26.4 Å². The molecule has 1 unspecified atom stereocenters. The highest BCUT2D eigenvalue weighted by atomic mass is 79.9. The first-order valence-corrected chi connectivity index (χ1v) is 9.58. The smallest absolute Gasteiger partial charge is 0.233 e. The van der Waals surface area contributed by atoms with Gasteiger partial charge in [-0.25, -0.2) is 4.98 Å². The van der Waals surface area contributed by atoms with Crippen LogP contribution in [0.25, 0.3) is 11.3 Å². The van der Waals surface area contributed by atoms with E-state index in [-0.39, 0.29) is 11.2 Å². The number of thioether (sulfide) groups is 1.